The van der Waals surface area contributed by atoms with Crippen molar-refractivity contribution in [1.82, 2.24) is 4.90 Å². The van der Waals surface area contributed by atoms with Gasteiger partial charge in [0.25, 0.3) is 5.91 Å². The Hall–Kier alpha value is -3.33. The molecule has 1 aliphatic heterocycles. The van der Waals surface area contributed by atoms with Gasteiger partial charge in [-0.1, -0.05) is 18.2 Å². The van der Waals surface area contributed by atoms with Gasteiger partial charge in [-0.3, -0.25) is 4.79 Å². The fraction of sp³-hybridized carbons (Fsp3) is 0.250. The number of para-hydroxylation sites is 1. The largest absolute Gasteiger partial charge is 0.482 e. The van der Waals surface area contributed by atoms with E-state index in [2.05, 4.69) is 0 Å². The van der Waals surface area contributed by atoms with Crippen LogP contribution in [0.4, 0.5) is 0 Å². The standard InChI is InChI=1S/C20H18N2O4/c1-25-20(24)15-7-6-14-8-9-22(12-17(14)10-15)19(23)13-26-18-5-3-2-4-16(18)11-21/h2-7,10H,8-9,12-13H2,1H3. The summed E-state index contributed by atoms with van der Waals surface area (Å²) < 4.78 is 10.3. The number of rotatable bonds is 4. The third kappa shape index (κ3) is 3.67. The van der Waals surface area contributed by atoms with Crippen LogP contribution in [0.1, 0.15) is 27.0 Å². The number of benzene rings is 2. The number of nitrogens with zero attached hydrogens (tertiary/aromatic N) is 2. The van der Waals surface area contributed by atoms with Crippen molar-refractivity contribution in [3.05, 3.63) is 64.7 Å². The molecule has 0 saturated heterocycles. The molecule has 26 heavy (non-hydrogen) atoms. The quantitative estimate of drug-likeness (QED) is 0.791. The minimum absolute atomic E-state index is 0.134. The first-order chi connectivity index (χ1) is 12.6. The van der Waals surface area contributed by atoms with Crippen LogP contribution in [-0.4, -0.2) is 37.0 Å². The van der Waals surface area contributed by atoms with Gasteiger partial charge in [-0.25, -0.2) is 4.79 Å². The summed E-state index contributed by atoms with van der Waals surface area (Å²) in [5, 5.41) is 9.07. The summed E-state index contributed by atoms with van der Waals surface area (Å²) in [5.41, 5.74) is 2.93. The molecule has 1 aliphatic rings. The lowest BCUT2D eigenvalue weighted by Gasteiger charge is -2.29. The Labute approximate surface area is 151 Å². The van der Waals surface area contributed by atoms with E-state index >= 15 is 0 Å². The van der Waals surface area contributed by atoms with E-state index < -0.39 is 5.97 Å². The van der Waals surface area contributed by atoms with Crippen LogP contribution in [0.5, 0.6) is 5.75 Å². The molecule has 6 nitrogen and oxygen atoms in total. The van der Waals surface area contributed by atoms with Gasteiger partial charge in [0.2, 0.25) is 0 Å². The van der Waals surface area contributed by atoms with Crippen LogP contribution in [0.15, 0.2) is 42.5 Å². The molecule has 1 heterocycles. The molecule has 132 valence electrons. The maximum absolute atomic E-state index is 12.5. The Morgan fingerprint density at radius 3 is 2.77 bits per heavy atom. The van der Waals surface area contributed by atoms with Crippen LogP contribution in [0, 0.1) is 11.3 Å². The number of methoxy groups -OCH3 is 1. The summed E-state index contributed by atoms with van der Waals surface area (Å²) in [6, 6.07) is 14.3. The second-order valence-electron chi connectivity index (χ2n) is 5.94. The average Bonchev–Trinajstić information content (AvgIpc) is 2.70. The van der Waals surface area contributed by atoms with Gasteiger partial charge in [-0.05, 0) is 41.8 Å². The monoisotopic (exact) mass is 350 g/mol. The molecule has 0 fully saturated rings. The van der Waals surface area contributed by atoms with Crippen LogP contribution in [0.25, 0.3) is 0 Å². The summed E-state index contributed by atoms with van der Waals surface area (Å²) in [7, 11) is 1.34. The van der Waals surface area contributed by atoms with Crippen molar-refractivity contribution in [2.45, 2.75) is 13.0 Å². The molecule has 3 rings (SSSR count). The van der Waals surface area contributed by atoms with Crippen LogP contribution in [0.3, 0.4) is 0 Å². The number of ether oxygens (including phenoxy) is 2. The number of hydrogen-bond acceptors (Lipinski definition) is 5. The van der Waals surface area contributed by atoms with Crippen molar-refractivity contribution in [2.75, 3.05) is 20.3 Å². The highest BCUT2D eigenvalue weighted by atomic mass is 16.5. The molecule has 0 unspecified atom stereocenters. The van der Waals surface area contributed by atoms with Gasteiger partial charge < -0.3 is 14.4 Å². The second kappa shape index (κ2) is 7.70. The summed E-state index contributed by atoms with van der Waals surface area (Å²) in [6.45, 7) is 0.875. The van der Waals surface area contributed by atoms with Gasteiger partial charge in [0.15, 0.2) is 6.61 Å². The van der Waals surface area contributed by atoms with Gasteiger partial charge in [-0.2, -0.15) is 5.26 Å². The molecule has 0 atom stereocenters. The lowest BCUT2D eigenvalue weighted by molar-refractivity contribution is -0.134. The molecule has 6 heteroatoms. The molecule has 0 N–H and O–H groups in total. The van der Waals surface area contributed by atoms with Crippen LogP contribution in [-0.2, 0) is 22.5 Å². The number of esters is 1. The van der Waals surface area contributed by atoms with Crippen molar-refractivity contribution in [2.24, 2.45) is 0 Å². The van der Waals surface area contributed by atoms with Gasteiger partial charge in [-0.15, -0.1) is 0 Å². The third-order valence-corrected chi connectivity index (χ3v) is 4.35. The predicted molar refractivity (Wildman–Crippen MR) is 93.6 cm³/mol. The van der Waals surface area contributed by atoms with Crippen LogP contribution in [0.2, 0.25) is 0 Å². The minimum atomic E-state index is -0.396. The van der Waals surface area contributed by atoms with Crippen molar-refractivity contribution in [3.63, 3.8) is 0 Å². The smallest absolute Gasteiger partial charge is 0.337 e. The number of carbonyl (C=O) groups excluding carboxylic acids is 2. The molecule has 0 aliphatic carbocycles. The Balaban J connectivity index is 1.67. The number of fused-ring (bicyclic) bond motifs is 1. The first kappa shape index (κ1) is 17.5. The van der Waals surface area contributed by atoms with E-state index in [1.165, 1.54) is 7.11 Å². The average molecular weight is 350 g/mol. The highest BCUT2D eigenvalue weighted by Gasteiger charge is 2.22. The molecule has 0 aromatic heterocycles. The van der Waals surface area contributed by atoms with Crippen molar-refractivity contribution in [3.8, 4) is 11.8 Å². The first-order valence-electron chi connectivity index (χ1n) is 8.22. The van der Waals surface area contributed by atoms with Crippen LogP contribution >= 0.6 is 0 Å². The third-order valence-electron chi connectivity index (χ3n) is 4.35. The van der Waals surface area contributed by atoms with E-state index in [9.17, 15) is 9.59 Å². The first-order valence-corrected chi connectivity index (χ1v) is 8.22. The number of carbonyl (C=O) groups is 2. The molecule has 2 aromatic rings. The lowest BCUT2D eigenvalue weighted by Crippen LogP contribution is -2.39. The molecular weight excluding hydrogens is 332 g/mol. The summed E-state index contributed by atoms with van der Waals surface area (Å²) in [4.78, 5) is 25.9. The van der Waals surface area contributed by atoms with E-state index in [1.807, 2.05) is 12.1 Å². The summed E-state index contributed by atoms with van der Waals surface area (Å²) in [6.07, 6.45) is 0.720. The number of nitriles is 1. The lowest BCUT2D eigenvalue weighted by atomic mass is 9.97. The number of amides is 1. The van der Waals surface area contributed by atoms with E-state index in [1.54, 1.807) is 41.3 Å². The zero-order valence-electron chi connectivity index (χ0n) is 14.4. The normalized spacial score (nSPS) is 12.7. The molecule has 0 bridgehead atoms. The second-order valence-corrected chi connectivity index (χ2v) is 5.94. The van der Waals surface area contributed by atoms with E-state index in [4.69, 9.17) is 14.7 Å². The fourth-order valence-corrected chi connectivity index (χ4v) is 2.93. The van der Waals surface area contributed by atoms with E-state index in [0.29, 0.717) is 30.0 Å². The van der Waals surface area contributed by atoms with Gasteiger partial charge >= 0.3 is 5.97 Å². The Kier molecular flexibility index (Phi) is 5.18. The Morgan fingerprint density at radius 1 is 1.19 bits per heavy atom. The van der Waals surface area contributed by atoms with Crippen molar-refractivity contribution in [1.29, 1.82) is 5.26 Å². The molecule has 0 spiro atoms. The highest BCUT2D eigenvalue weighted by Crippen LogP contribution is 2.22. The SMILES string of the molecule is COC(=O)c1ccc2c(c1)CN(C(=O)COc1ccccc1C#N)CC2. The summed E-state index contributed by atoms with van der Waals surface area (Å²) in [5.74, 6) is -0.159. The molecular formula is C20H18N2O4. The zero-order valence-corrected chi connectivity index (χ0v) is 14.4. The van der Waals surface area contributed by atoms with Crippen molar-refractivity contribution >= 4 is 11.9 Å². The topological polar surface area (TPSA) is 79.6 Å². The van der Waals surface area contributed by atoms with Gasteiger partial charge in [0.1, 0.15) is 11.8 Å². The zero-order chi connectivity index (χ0) is 18.5. The Bertz CT molecular complexity index is 886. The molecule has 0 saturated carbocycles. The maximum Gasteiger partial charge on any atom is 0.337 e. The van der Waals surface area contributed by atoms with Gasteiger partial charge in [0.05, 0.1) is 18.2 Å². The van der Waals surface area contributed by atoms with Crippen molar-refractivity contribution < 1.29 is 19.1 Å². The predicted octanol–water partition coefficient (Wildman–Crippen LogP) is 2.31. The maximum atomic E-state index is 12.5. The Morgan fingerprint density at radius 2 is 2.00 bits per heavy atom. The van der Waals surface area contributed by atoms with Gasteiger partial charge in [0, 0.05) is 13.1 Å². The van der Waals surface area contributed by atoms with Crippen LogP contribution < -0.4 is 4.74 Å². The molecule has 0 radical (unpaired) electrons. The molecule has 2 aromatic carbocycles. The number of hydrogen-bond donors (Lipinski definition) is 0. The summed E-state index contributed by atoms with van der Waals surface area (Å²) >= 11 is 0. The van der Waals surface area contributed by atoms with E-state index in [-0.39, 0.29) is 12.5 Å². The fourth-order valence-electron chi connectivity index (χ4n) is 2.93. The molecule has 1 amide bonds. The minimum Gasteiger partial charge on any atom is -0.482 e. The van der Waals surface area contributed by atoms with E-state index in [0.717, 1.165) is 17.5 Å². The highest BCUT2D eigenvalue weighted by molar-refractivity contribution is 5.89.